The third kappa shape index (κ3) is 4.17. The van der Waals surface area contributed by atoms with Gasteiger partial charge in [0.1, 0.15) is 5.69 Å². The highest BCUT2D eigenvalue weighted by Crippen LogP contribution is 2.25. The molecule has 2 rings (SSSR count). The molecule has 2 aromatic rings. The number of methoxy groups -OCH3 is 1. The number of rotatable bonds is 6. The van der Waals surface area contributed by atoms with Crippen molar-refractivity contribution in [1.82, 2.24) is 10.3 Å². The number of amides is 1. The number of nitrogens with one attached hydrogen (secondary N) is 2. The number of benzene rings is 1. The maximum absolute atomic E-state index is 12.4. The standard InChI is InChI=1S/C18H20Cl2N2O3/c1-4-13-14(18(24)25-3)10(2)16(22-13)17(23)21-9-8-11-6-5-7-12(19)15(11)20/h5-7,22H,4,8-9H2,1-3H3,(H,21,23). The van der Waals surface area contributed by atoms with Crippen LogP contribution in [0.1, 0.15) is 44.6 Å². The maximum Gasteiger partial charge on any atom is 0.339 e. The first kappa shape index (κ1) is 19.3. The Labute approximate surface area is 156 Å². The van der Waals surface area contributed by atoms with E-state index in [-0.39, 0.29) is 5.91 Å². The largest absolute Gasteiger partial charge is 0.465 e. The molecule has 0 aliphatic heterocycles. The zero-order chi connectivity index (χ0) is 18.6. The number of hydrogen-bond donors (Lipinski definition) is 2. The van der Waals surface area contributed by atoms with E-state index in [0.717, 1.165) is 5.56 Å². The van der Waals surface area contributed by atoms with Gasteiger partial charge >= 0.3 is 5.97 Å². The van der Waals surface area contributed by atoms with Crippen molar-refractivity contribution in [3.05, 3.63) is 56.3 Å². The van der Waals surface area contributed by atoms with Crippen molar-refractivity contribution in [1.29, 1.82) is 0 Å². The number of H-pyrrole nitrogens is 1. The fourth-order valence-corrected chi connectivity index (χ4v) is 3.08. The fourth-order valence-electron chi connectivity index (χ4n) is 2.67. The molecule has 2 N–H and O–H groups in total. The lowest BCUT2D eigenvalue weighted by molar-refractivity contribution is 0.0599. The molecule has 1 heterocycles. The molecular formula is C18H20Cl2N2O3. The predicted octanol–water partition coefficient (Wildman–Crippen LogP) is 3.95. The molecule has 7 heteroatoms. The Bertz CT molecular complexity index is 800. The van der Waals surface area contributed by atoms with Gasteiger partial charge in [-0.1, -0.05) is 42.3 Å². The molecule has 0 saturated heterocycles. The van der Waals surface area contributed by atoms with Crippen LogP contribution in [0.15, 0.2) is 18.2 Å². The molecule has 5 nitrogen and oxygen atoms in total. The van der Waals surface area contributed by atoms with Crippen LogP contribution in [-0.2, 0) is 17.6 Å². The number of ether oxygens (including phenoxy) is 1. The topological polar surface area (TPSA) is 71.2 Å². The van der Waals surface area contributed by atoms with Gasteiger partial charge in [0.05, 0.1) is 22.7 Å². The van der Waals surface area contributed by atoms with Gasteiger partial charge in [0.15, 0.2) is 0 Å². The van der Waals surface area contributed by atoms with Gasteiger partial charge in [0, 0.05) is 12.2 Å². The molecule has 0 aliphatic rings. The van der Waals surface area contributed by atoms with Crippen LogP contribution in [0.4, 0.5) is 0 Å². The van der Waals surface area contributed by atoms with E-state index in [9.17, 15) is 9.59 Å². The van der Waals surface area contributed by atoms with Gasteiger partial charge in [-0.15, -0.1) is 0 Å². The smallest absolute Gasteiger partial charge is 0.339 e. The van der Waals surface area contributed by atoms with Gasteiger partial charge in [-0.2, -0.15) is 0 Å². The molecule has 0 bridgehead atoms. The highest BCUT2D eigenvalue weighted by molar-refractivity contribution is 6.42. The molecule has 0 atom stereocenters. The summed E-state index contributed by atoms with van der Waals surface area (Å²) >= 11 is 12.1. The third-order valence-electron chi connectivity index (χ3n) is 4.01. The van der Waals surface area contributed by atoms with Gasteiger partial charge < -0.3 is 15.0 Å². The summed E-state index contributed by atoms with van der Waals surface area (Å²) in [4.78, 5) is 27.4. The van der Waals surface area contributed by atoms with E-state index in [1.54, 1.807) is 13.0 Å². The van der Waals surface area contributed by atoms with Crippen molar-refractivity contribution >= 4 is 35.1 Å². The average Bonchev–Trinajstić information content (AvgIpc) is 2.94. The number of halogens is 2. The van der Waals surface area contributed by atoms with E-state index in [1.165, 1.54) is 7.11 Å². The molecular weight excluding hydrogens is 363 g/mol. The highest BCUT2D eigenvalue weighted by atomic mass is 35.5. The van der Waals surface area contributed by atoms with Gasteiger partial charge in [-0.25, -0.2) is 4.79 Å². The first-order chi connectivity index (χ1) is 11.9. The van der Waals surface area contributed by atoms with Crippen LogP contribution in [0.2, 0.25) is 10.0 Å². The number of esters is 1. The SMILES string of the molecule is CCc1[nH]c(C(=O)NCCc2cccc(Cl)c2Cl)c(C)c1C(=O)OC. The zero-order valence-electron chi connectivity index (χ0n) is 14.3. The molecule has 0 aliphatic carbocycles. The van der Waals surface area contributed by atoms with E-state index in [1.807, 2.05) is 19.1 Å². The molecule has 1 amide bonds. The van der Waals surface area contributed by atoms with Crippen LogP contribution < -0.4 is 5.32 Å². The summed E-state index contributed by atoms with van der Waals surface area (Å²) in [6.07, 6.45) is 1.14. The van der Waals surface area contributed by atoms with Crippen molar-refractivity contribution in [3.8, 4) is 0 Å². The van der Waals surface area contributed by atoms with E-state index in [4.69, 9.17) is 27.9 Å². The number of aromatic amines is 1. The second kappa shape index (κ2) is 8.41. The second-order valence-electron chi connectivity index (χ2n) is 5.54. The first-order valence-corrected chi connectivity index (χ1v) is 8.67. The molecule has 0 fully saturated rings. The molecule has 0 unspecified atom stereocenters. The Morgan fingerprint density at radius 1 is 1.28 bits per heavy atom. The minimum atomic E-state index is -0.449. The van der Waals surface area contributed by atoms with Crippen LogP contribution in [0, 0.1) is 6.92 Å². The van der Waals surface area contributed by atoms with Crippen LogP contribution >= 0.6 is 23.2 Å². The summed E-state index contributed by atoms with van der Waals surface area (Å²) in [7, 11) is 1.32. The second-order valence-corrected chi connectivity index (χ2v) is 6.33. The summed E-state index contributed by atoms with van der Waals surface area (Å²) in [6, 6.07) is 5.40. The van der Waals surface area contributed by atoms with Crippen LogP contribution in [0.3, 0.4) is 0 Å². The Hall–Kier alpha value is -1.98. The van der Waals surface area contributed by atoms with Crippen molar-refractivity contribution < 1.29 is 14.3 Å². The molecule has 0 spiro atoms. The fraction of sp³-hybridized carbons (Fsp3) is 0.333. The predicted molar refractivity (Wildman–Crippen MR) is 98.7 cm³/mol. The number of hydrogen-bond acceptors (Lipinski definition) is 3. The Morgan fingerprint density at radius 2 is 2.00 bits per heavy atom. The summed E-state index contributed by atoms with van der Waals surface area (Å²) < 4.78 is 4.80. The van der Waals surface area contributed by atoms with Gasteiger partial charge in [0.2, 0.25) is 0 Å². The molecule has 1 aromatic heterocycles. The lowest BCUT2D eigenvalue weighted by atomic mass is 10.1. The zero-order valence-corrected chi connectivity index (χ0v) is 15.8. The van der Waals surface area contributed by atoms with Crippen LogP contribution in [-0.4, -0.2) is 30.5 Å². The minimum absolute atomic E-state index is 0.277. The van der Waals surface area contributed by atoms with Crippen molar-refractivity contribution in [2.45, 2.75) is 26.7 Å². The van der Waals surface area contributed by atoms with Crippen molar-refractivity contribution in [3.63, 3.8) is 0 Å². The lowest BCUT2D eigenvalue weighted by Gasteiger charge is -2.07. The molecule has 1 aromatic carbocycles. The normalized spacial score (nSPS) is 10.6. The number of aryl methyl sites for hydroxylation is 1. The average molecular weight is 383 g/mol. The van der Waals surface area contributed by atoms with Gasteiger partial charge in [-0.3, -0.25) is 4.79 Å². The number of carbonyl (C=O) groups excluding carboxylic acids is 2. The van der Waals surface area contributed by atoms with Crippen molar-refractivity contribution in [2.75, 3.05) is 13.7 Å². The summed E-state index contributed by atoms with van der Waals surface area (Å²) in [5.74, 6) is -0.726. The van der Waals surface area contributed by atoms with Gasteiger partial charge in [0.25, 0.3) is 5.91 Å². The van der Waals surface area contributed by atoms with E-state index in [2.05, 4.69) is 10.3 Å². The highest BCUT2D eigenvalue weighted by Gasteiger charge is 2.23. The Balaban J connectivity index is 2.10. The third-order valence-corrected chi connectivity index (χ3v) is 4.87. The molecule has 0 saturated carbocycles. The molecule has 25 heavy (non-hydrogen) atoms. The van der Waals surface area contributed by atoms with Crippen LogP contribution in [0.25, 0.3) is 0 Å². The van der Waals surface area contributed by atoms with Crippen molar-refractivity contribution in [2.24, 2.45) is 0 Å². The summed E-state index contributed by atoms with van der Waals surface area (Å²) in [6.45, 7) is 4.03. The Morgan fingerprint density at radius 3 is 2.64 bits per heavy atom. The van der Waals surface area contributed by atoms with Gasteiger partial charge in [-0.05, 0) is 37.0 Å². The Kier molecular flexibility index (Phi) is 6.51. The van der Waals surface area contributed by atoms with E-state index < -0.39 is 5.97 Å². The lowest BCUT2D eigenvalue weighted by Crippen LogP contribution is -2.26. The van der Waals surface area contributed by atoms with E-state index >= 15 is 0 Å². The quantitative estimate of drug-likeness (QED) is 0.742. The summed E-state index contributed by atoms with van der Waals surface area (Å²) in [5, 5.41) is 3.82. The maximum atomic E-state index is 12.4. The molecule has 134 valence electrons. The van der Waals surface area contributed by atoms with Crippen LogP contribution in [0.5, 0.6) is 0 Å². The number of carbonyl (C=O) groups is 2. The molecule has 0 radical (unpaired) electrons. The monoisotopic (exact) mass is 382 g/mol. The minimum Gasteiger partial charge on any atom is -0.465 e. The first-order valence-electron chi connectivity index (χ1n) is 7.91. The number of aromatic nitrogens is 1. The van der Waals surface area contributed by atoms with E-state index in [0.29, 0.717) is 51.9 Å². The summed E-state index contributed by atoms with van der Waals surface area (Å²) in [5.41, 5.74) is 2.93.